The number of amides is 1. The second-order valence-corrected chi connectivity index (χ2v) is 7.88. The Hall–Kier alpha value is -2.82. The molecule has 27 heavy (non-hydrogen) atoms. The summed E-state index contributed by atoms with van der Waals surface area (Å²) in [5, 5.41) is 2.63. The van der Waals surface area contributed by atoms with E-state index in [1.54, 1.807) is 58.9 Å². The lowest BCUT2D eigenvalue weighted by molar-refractivity contribution is 0.0454. The summed E-state index contributed by atoms with van der Waals surface area (Å²) in [6.07, 6.45) is -0.622. The molecule has 5 nitrogen and oxygen atoms in total. The van der Waals surface area contributed by atoms with Crippen molar-refractivity contribution in [2.45, 2.75) is 52.4 Å². The second kappa shape index (κ2) is 8.25. The predicted octanol–water partition coefficient (Wildman–Crippen LogP) is 4.75. The first-order valence-electron chi connectivity index (χ1n) is 8.89. The number of carbonyl (C=O) groups excluding carboxylic acids is 2. The van der Waals surface area contributed by atoms with E-state index in [-0.39, 0.29) is 5.78 Å². The van der Waals surface area contributed by atoms with Crippen LogP contribution in [0.4, 0.5) is 4.79 Å². The summed E-state index contributed by atoms with van der Waals surface area (Å²) in [7, 11) is 0. The lowest BCUT2D eigenvalue weighted by atomic mass is 9.93. The van der Waals surface area contributed by atoms with Crippen molar-refractivity contribution in [3.63, 3.8) is 0 Å². The smallest absolute Gasteiger partial charge is 0.408 e. The first kappa shape index (κ1) is 20.5. The molecule has 0 bridgehead atoms. The van der Waals surface area contributed by atoms with Crippen molar-refractivity contribution >= 4 is 11.9 Å². The highest BCUT2D eigenvalue weighted by Crippen LogP contribution is 2.19. The molecule has 0 fully saturated rings. The van der Waals surface area contributed by atoms with Gasteiger partial charge in [-0.15, -0.1) is 0 Å². The molecule has 144 valence electrons. The third-order valence-electron chi connectivity index (χ3n) is 3.75. The Morgan fingerprint density at radius 3 is 2.04 bits per heavy atom. The van der Waals surface area contributed by atoms with Crippen LogP contribution in [0.5, 0.6) is 5.75 Å². The summed E-state index contributed by atoms with van der Waals surface area (Å²) >= 11 is 0. The Labute approximate surface area is 160 Å². The van der Waals surface area contributed by atoms with E-state index in [2.05, 4.69) is 5.32 Å². The van der Waals surface area contributed by atoms with Gasteiger partial charge in [0.05, 0.1) is 0 Å². The van der Waals surface area contributed by atoms with E-state index >= 15 is 0 Å². The van der Waals surface area contributed by atoms with Gasteiger partial charge in [0.15, 0.2) is 5.78 Å². The molecule has 0 saturated carbocycles. The molecule has 1 amide bonds. The summed E-state index contributed by atoms with van der Waals surface area (Å²) in [6, 6.07) is 16.7. The van der Waals surface area contributed by atoms with Gasteiger partial charge >= 0.3 is 6.09 Å². The minimum absolute atomic E-state index is 0.206. The highest BCUT2D eigenvalue weighted by Gasteiger charge is 2.32. The molecule has 0 unspecified atom stereocenters. The standard InChI is InChI=1S/C22H27NO4/c1-21(2,3)27-20(25)23-22(4,5)19(24)17-11-13-18(14-12-17)26-15-16-9-7-6-8-10-16/h6-14H,15H2,1-5H3,(H,23,25). The zero-order chi connectivity index (χ0) is 20.1. The van der Waals surface area contributed by atoms with E-state index in [0.717, 1.165) is 5.56 Å². The highest BCUT2D eigenvalue weighted by molar-refractivity contribution is 6.04. The Morgan fingerprint density at radius 2 is 1.48 bits per heavy atom. The van der Waals surface area contributed by atoms with E-state index < -0.39 is 17.2 Å². The molecular formula is C22H27NO4. The number of Topliss-reactive ketones (excluding diaryl/α,β-unsaturated/α-hetero) is 1. The Bertz CT molecular complexity index is 774. The summed E-state index contributed by atoms with van der Waals surface area (Å²) in [6.45, 7) is 9.08. The number of ketones is 1. The van der Waals surface area contributed by atoms with Crippen LogP contribution in [0.1, 0.15) is 50.5 Å². The van der Waals surface area contributed by atoms with Gasteiger partial charge < -0.3 is 14.8 Å². The maximum absolute atomic E-state index is 12.7. The molecule has 0 saturated heterocycles. The fraction of sp³-hybridized carbons (Fsp3) is 0.364. The number of carbonyl (C=O) groups is 2. The van der Waals surface area contributed by atoms with Crippen LogP contribution < -0.4 is 10.1 Å². The number of rotatable bonds is 6. The fourth-order valence-corrected chi connectivity index (χ4v) is 2.42. The van der Waals surface area contributed by atoms with E-state index in [9.17, 15) is 9.59 Å². The topological polar surface area (TPSA) is 64.6 Å². The lowest BCUT2D eigenvalue weighted by Crippen LogP contribution is -2.51. The molecule has 2 aromatic rings. The maximum atomic E-state index is 12.7. The first-order chi connectivity index (χ1) is 12.6. The predicted molar refractivity (Wildman–Crippen MR) is 105 cm³/mol. The summed E-state index contributed by atoms with van der Waals surface area (Å²) in [4.78, 5) is 24.7. The lowest BCUT2D eigenvalue weighted by Gasteiger charge is -2.27. The molecule has 0 aliphatic rings. The van der Waals surface area contributed by atoms with E-state index in [1.807, 2.05) is 30.3 Å². The van der Waals surface area contributed by atoms with Crippen molar-refractivity contribution in [3.8, 4) is 5.75 Å². The van der Waals surface area contributed by atoms with Gasteiger partial charge in [-0.2, -0.15) is 0 Å². The summed E-state index contributed by atoms with van der Waals surface area (Å²) in [5.74, 6) is 0.469. The zero-order valence-electron chi connectivity index (χ0n) is 16.5. The molecule has 0 atom stereocenters. The fourth-order valence-electron chi connectivity index (χ4n) is 2.42. The Kier molecular flexibility index (Phi) is 6.26. The third kappa shape index (κ3) is 6.44. The number of hydrogen-bond acceptors (Lipinski definition) is 4. The van der Waals surface area contributed by atoms with Gasteiger partial charge in [-0.3, -0.25) is 4.79 Å². The number of ether oxygens (including phenoxy) is 2. The molecule has 0 aliphatic carbocycles. The van der Waals surface area contributed by atoms with E-state index in [0.29, 0.717) is 17.9 Å². The molecule has 0 spiro atoms. The number of benzene rings is 2. The number of hydrogen-bond donors (Lipinski definition) is 1. The average molecular weight is 369 g/mol. The second-order valence-electron chi connectivity index (χ2n) is 7.88. The van der Waals surface area contributed by atoms with Gasteiger partial charge in [0.2, 0.25) is 0 Å². The molecule has 1 N–H and O–H groups in total. The molecule has 2 rings (SSSR count). The first-order valence-corrected chi connectivity index (χ1v) is 8.89. The Balaban J connectivity index is 1.98. The highest BCUT2D eigenvalue weighted by atomic mass is 16.6. The van der Waals surface area contributed by atoms with E-state index in [4.69, 9.17) is 9.47 Å². The third-order valence-corrected chi connectivity index (χ3v) is 3.75. The molecule has 2 aromatic carbocycles. The monoisotopic (exact) mass is 369 g/mol. The van der Waals surface area contributed by atoms with E-state index in [1.165, 1.54) is 0 Å². The van der Waals surface area contributed by atoms with Crippen LogP contribution in [0.25, 0.3) is 0 Å². The van der Waals surface area contributed by atoms with Crippen LogP contribution in [0.3, 0.4) is 0 Å². The van der Waals surface area contributed by atoms with Crippen molar-refractivity contribution in [2.75, 3.05) is 0 Å². The Morgan fingerprint density at radius 1 is 0.889 bits per heavy atom. The van der Waals surface area contributed by atoms with Gasteiger partial charge in [0.25, 0.3) is 0 Å². The van der Waals surface area contributed by atoms with Crippen molar-refractivity contribution < 1.29 is 19.1 Å². The number of alkyl carbamates (subject to hydrolysis) is 1. The minimum atomic E-state index is -1.09. The van der Waals surface area contributed by atoms with Crippen LogP contribution in [0, 0.1) is 0 Å². The zero-order valence-corrected chi connectivity index (χ0v) is 16.5. The van der Waals surface area contributed by atoms with Crippen LogP contribution in [-0.2, 0) is 11.3 Å². The van der Waals surface area contributed by atoms with Crippen molar-refractivity contribution in [1.82, 2.24) is 5.32 Å². The average Bonchev–Trinajstić information content (AvgIpc) is 2.58. The van der Waals surface area contributed by atoms with Crippen LogP contribution in [0.15, 0.2) is 54.6 Å². The van der Waals surface area contributed by atoms with Gasteiger partial charge in [-0.1, -0.05) is 30.3 Å². The largest absolute Gasteiger partial charge is 0.489 e. The molecular weight excluding hydrogens is 342 g/mol. The van der Waals surface area contributed by atoms with Gasteiger partial charge in [0, 0.05) is 5.56 Å². The quantitative estimate of drug-likeness (QED) is 0.746. The van der Waals surface area contributed by atoms with Crippen LogP contribution >= 0.6 is 0 Å². The minimum Gasteiger partial charge on any atom is -0.489 e. The SMILES string of the molecule is CC(C)(C)OC(=O)NC(C)(C)C(=O)c1ccc(OCc2ccccc2)cc1. The van der Waals surface area contributed by atoms with Gasteiger partial charge in [0.1, 0.15) is 23.5 Å². The van der Waals surface area contributed by atoms with Gasteiger partial charge in [-0.05, 0) is 64.4 Å². The molecule has 0 radical (unpaired) electrons. The maximum Gasteiger partial charge on any atom is 0.408 e. The summed E-state index contributed by atoms with van der Waals surface area (Å²) in [5.41, 5.74) is -0.154. The van der Waals surface area contributed by atoms with Crippen molar-refractivity contribution in [1.29, 1.82) is 0 Å². The molecule has 0 aliphatic heterocycles. The molecule has 0 aromatic heterocycles. The normalized spacial score (nSPS) is 11.6. The van der Waals surface area contributed by atoms with Crippen molar-refractivity contribution in [2.24, 2.45) is 0 Å². The summed E-state index contributed by atoms with van der Waals surface area (Å²) < 4.78 is 11.0. The number of nitrogens with one attached hydrogen (secondary N) is 1. The van der Waals surface area contributed by atoms with Crippen LogP contribution in [-0.4, -0.2) is 23.0 Å². The van der Waals surface area contributed by atoms with Gasteiger partial charge in [-0.25, -0.2) is 4.79 Å². The van der Waals surface area contributed by atoms with Crippen LogP contribution in [0.2, 0.25) is 0 Å². The molecule has 5 heteroatoms. The van der Waals surface area contributed by atoms with Crippen molar-refractivity contribution in [3.05, 3.63) is 65.7 Å². The molecule has 0 heterocycles.